The van der Waals surface area contributed by atoms with Crippen molar-refractivity contribution in [3.05, 3.63) is 88.5 Å². The topological polar surface area (TPSA) is 78.8 Å². The second-order valence-corrected chi connectivity index (χ2v) is 7.72. The van der Waals surface area contributed by atoms with Gasteiger partial charge in [-0.05, 0) is 42.1 Å². The molecule has 3 N–H and O–H groups in total. The molecule has 3 aromatic carbocycles. The van der Waals surface area contributed by atoms with Crippen LogP contribution in [-0.4, -0.2) is 23.0 Å². The lowest BCUT2D eigenvalue weighted by molar-refractivity contribution is 0.0917. The van der Waals surface area contributed by atoms with Gasteiger partial charge in [0.1, 0.15) is 29.4 Å². The Morgan fingerprint density at radius 2 is 1.77 bits per heavy atom. The second-order valence-electron chi connectivity index (χ2n) is 7.72. The average molecular weight is 403 g/mol. The lowest BCUT2D eigenvalue weighted by Crippen LogP contribution is -2.16. The Bertz CT molecular complexity index is 1060. The van der Waals surface area contributed by atoms with E-state index >= 15 is 0 Å². The van der Waals surface area contributed by atoms with Crippen molar-refractivity contribution in [2.45, 2.75) is 26.0 Å². The van der Waals surface area contributed by atoms with Gasteiger partial charge in [-0.2, -0.15) is 0 Å². The average Bonchev–Trinajstić information content (AvgIpc) is 3.16. The molecule has 1 aliphatic carbocycles. The molecule has 1 atom stereocenters. The van der Waals surface area contributed by atoms with Crippen LogP contribution in [-0.2, 0) is 26.0 Å². The highest BCUT2D eigenvalue weighted by Gasteiger charge is 2.32. The van der Waals surface area contributed by atoms with Crippen molar-refractivity contribution in [3.8, 4) is 17.2 Å². The number of carbonyl (C=O) groups excluding carboxylic acids is 1. The molecule has 30 heavy (non-hydrogen) atoms. The van der Waals surface area contributed by atoms with E-state index < -0.39 is 0 Å². The van der Waals surface area contributed by atoms with Crippen molar-refractivity contribution in [1.29, 1.82) is 0 Å². The van der Waals surface area contributed by atoms with Gasteiger partial charge in [-0.25, -0.2) is 0 Å². The first-order valence-corrected chi connectivity index (χ1v) is 10.1. The van der Waals surface area contributed by atoms with E-state index in [2.05, 4.69) is 23.5 Å². The summed E-state index contributed by atoms with van der Waals surface area (Å²) in [5.41, 5.74) is 4.59. The van der Waals surface area contributed by atoms with Crippen molar-refractivity contribution < 1.29 is 19.7 Å². The number of aromatic hydroxyl groups is 2. The van der Waals surface area contributed by atoms with Gasteiger partial charge in [0.05, 0.1) is 0 Å². The number of carbonyl (C=O) groups is 1. The zero-order valence-electron chi connectivity index (χ0n) is 16.9. The van der Waals surface area contributed by atoms with E-state index in [1.165, 1.54) is 28.8 Å². The SMILES string of the molecule is CNCc1ccc2c(c1)CC(C(=O)c1c(O)cc(O)cc1OCc1ccccc1)C2. The number of fused-ring (bicyclic) bond motifs is 1. The van der Waals surface area contributed by atoms with Gasteiger partial charge in [0.2, 0.25) is 0 Å². The number of hydrogen-bond acceptors (Lipinski definition) is 5. The number of phenols is 2. The minimum Gasteiger partial charge on any atom is -0.508 e. The van der Waals surface area contributed by atoms with E-state index in [9.17, 15) is 15.0 Å². The fraction of sp³-hybridized carbons (Fsp3) is 0.240. The van der Waals surface area contributed by atoms with Crippen LogP contribution >= 0.6 is 0 Å². The molecule has 0 aliphatic heterocycles. The van der Waals surface area contributed by atoms with Crippen LogP contribution in [0.2, 0.25) is 0 Å². The molecule has 5 nitrogen and oxygen atoms in total. The number of ketones is 1. The third-order valence-corrected chi connectivity index (χ3v) is 5.50. The minimum atomic E-state index is -0.264. The van der Waals surface area contributed by atoms with Gasteiger partial charge in [-0.1, -0.05) is 48.5 Å². The zero-order chi connectivity index (χ0) is 21.1. The van der Waals surface area contributed by atoms with Gasteiger partial charge in [0.25, 0.3) is 0 Å². The van der Waals surface area contributed by atoms with Gasteiger partial charge in [0, 0.05) is 24.6 Å². The highest BCUT2D eigenvalue weighted by Crippen LogP contribution is 2.38. The highest BCUT2D eigenvalue weighted by molar-refractivity contribution is 6.03. The summed E-state index contributed by atoms with van der Waals surface area (Å²) in [6, 6.07) is 18.4. The van der Waals surface area contributed by atoms with E-state index in [1.54, 1.807) is 0 Å². The smallest absolute Gasteiger partial charge is 0.174 e. The van der Waals surface area contributed by atoms with E-state index in [-0.39, 0.29) is 41.1 Å². The van der Waals surface area contributed by atoms with E-state index in [1.807, 2.05) is 37.4 Å². The van der Waals surface area contributed by atoms with Crippen LogP contribution < -0.4 is 10.1 Å². The monoisotopic (exact) mass is 403 g/mol. The van der Waals surface area contributed by atoms with Gasteiger partial charge < -0.3 is 20.3 Å². The normalized spacial score (nSPS) is 15.0. The summed E-state index contributed by atoms with van der Waals surface area (Å²) in [6.45, 7) is 1.02. The van der Waals surface area contributed by atoms with E-state index in [0.717, 1.165) is 12.1 Å². The molecule has 0 heterocycles. The maximum absolute atomic E-state index is 13.4. The molecule has 1 aliphatic rings. The van der Waals surface area contributed by atoms with Crippen LogP contribution in [0, 0.1) is 5.92 Å². The maximum atomic E-state index is 13.4. The molecule has 0 saturated heterocycles. The van der Waals surface area contributed by atoms with Crippen molar-refractivity contribution in [2.75, 3.05) is 7.05 Å². The predicted octanol–water partition coefficient (Wildman–Crippen LogP) is 3.99. The molecule has 0 amide bonds. The van der Waals surface area contributed by atoms with Crippen molar-refractivity contribution in [1.82, 2.24) is 5.32 Å². The molecule has 0 radical (unpaired) electrons. The summed E-state index contributed by atoms with van der Waals surface area (Å²) >= 11 is 0. The Morgan fingerprint density at radius 1 is 1.00 bits per heavy atom. The molecule has 0 saturated carbocycles. The second kappa shape index (κ2) is 8.59. The van der Waals surface area contributed by atoms with Gasteiger partial charge >= 0.3 is 0 Å². The summed E-state index contributed by atoms with van der Waals surface area (Å²) in [7, 11) is 1.91. The molecular formula is C25H25NO4. The van der Waals surface area contributed by atoms with Crippen LogP contribution in [0.4, 0.5) is 0 Å². The predicted molar refractivity (Wildman–Crippen MR) is 115 cm³/mol. The standard InChI is InChI=1S/C25H25NO4/c1-26-14-17-7-8-18-10-20(11-19(18)9-17)25(29)24-22(28)12-21(27)13-23(24)30-15-16-5-3-2-4-6-16/h2-9,12-13,20,26-28H,10-11,14-15H2,1H3. The molecule has 0 aromatic heterocycles. The van der Waals surface area contributed by atoms with Crippen molar-refractivity contribution >= 4 is 5.78 Å². The highest BCUT2D eigenvalue weighted by atomic mass is 16.5. The Labute approximate surface area is 176 Å². The number of rotatable bonds is 7. The Kier molecular flexibility index (Phi) is 5.72. The summed E-state index contributed by atoms with van der Waals surface area (Å²) in [4.78, 5) is 13.4. The van der Waals surface area contributed by atoms with Crippen LogP contribution in [0.15, 0.2) is 60.7 Å². The molecule has 0 fully saturated rings. The third kappa shape index (κ3) is 4.16. The van der Waals surface area contributed by atoms with Gasteiger partial charge in [-0.15, -0.1) is 0 Å². The van der Waals surface area contributed by atoms with Crippen molar-refractivity contribution in [2.24, 2.45) is 5.92 Å². The van der Waals surface area contributed by atoms with Crippen LogP contribution in [0.3, 0.4) is 0 Å². The fourth-order valence-corrected chi connectivity index (χ4v) is 4.06. The Morgan fingerprint density at radius 3 is 2.53 bits per heavy atom. The maximum Gasteiger partial charge on any atom is 0.174 e. The summed E-state index contributed by atoms with van der Waals surface area (Å²) in [5.74, 6) is -0.622. The van der Waals surface area contributed by atoms with E-state index in [0.29, 0.717) is 12.8 Å². The number of benzene rings is 3. The molecule has 0 bridgehead atoms. The van der Waals surface area contributed by atoms with Crippen LogP contribution in [0.25, 0.3) is 0 Å². The summed E-state index contributed by atoms with van der Waals surface area (Å²) < 4.78 is 5.84. The van der Waals surface area contributed by atoms with E-state index in [4.69, 9.17) is 4.74 Å². The van der Waals surface area contributed by atoms with Crippen molar-refractivity contribution in [3.63, 3.8) is 0 Å². The summed E-state index contributed by atoms with van der Waals surface area (Å²) in [6.07, 6.45) is 1.26. The quantitative estimate of drug-likeness (QED) is 0.520. The minimum absolute atomic E-state index is 0.136. The fourth-order valence-electron chi connectivity index (χ4n) is 4.06. The lowest BCUT2D eigenvalue weighted by atomic mass is 9.93. The number of Topliss-reactive ketones (excluding diaryl/α,β-unsaturated/α-hetero) is 1. The lowest BCUT2D eigenvalue weighted by Gasteiger charge is -2.16. The van der Waals surface area contributed by atoms with Gasteiger partial charge in [-0.3, -0.25) is 4.79 Å². The molecule has 154 valence electrons. The molecular weight excluding hydrogens is 378 g/mol. The number of hydrogen-bond donors (Lipinski definition) is 3. The molecule has 1 unspecified atom stereocenters. The molecule has 0 spiro atoms. The molecule has 5 heteroatoms. The molecule has 3 aromatic rings. The van der Waals surface area contributed by atoms with Crippen LogP contribution in [0.1, 0.15) is 32.6 Å². The molecule has 4 rings (SSSR count). The van der Waals surface area contributed by atoms with Gasteiger partial charge in [0.15, 0.2) is 5.78 Å². The third-order valence-electron chi connectivity index (χ3n) is 5.50. The largest absolute Gasteiger partial charge is 0.508 e. The zero-order valence-corrected chi connectivity index (χ0v) is 16.9. The number of phenolic OH excluding ortho intramolecular Hbond substituents is 2. The first-order valence-electron chi connectivity index (χ1n) is 10.1. The first-order chi connectivity index (χ1) is 14.5. The van der Waals surface area contributed by atoms with Crippen LogP contribution in [0.5, 0.6) is 17.2 Å². The number of nitrogens with one attached hydrogen (secondary N) is 1. The Hall–Kier alpha value is -3.31. The Balaban J connectivity index is 1.57. The first kappa shape index (κ1) is 20.0. The number of ether oxygens (including phenoxy) is 1. The summed E-state index contributed by atoms with van der Waals surface area (Å²) in [5, 5.41) is 23.5.